The molecule has 17 heavy (non-hydrogen) atoms. The molecule has 1 aromatic carbocycles. The second-order valence-corrected chi connectivity index (χ2v) is 5.75. The Morgan fingerprint density at radius 2 is 2.12 bits per heavy atom. The molecule has 1 aliphatic carbocycles. The molecule has 0 unspecified atom stereocenters. The zero-order valence-electron chi connectivity index (χ0n) is 9.51. The monoisotopic (exact) mass is 315 g/mol. The van der Waals surface area contributed by atoms with E-state index in [4.69, 9.17) is 11.6 Å². The summed E-state index contributed by atoms with van der Waals surface area (Å²) in [5, 5.41) is 3.54. The fourth-order valence-electron chi connectivity index (χ4n) is 2.19. The smallest absolute Gasteiger partial charge is 0.251 e. The molecule has 0 aromatic heterocycles. The molecule has 0 atom stereocenters. The van der Waals surface area contributed by atoms with Gasteiger partial charge < -0.3 is 5.32 Å². The first kappa shape index (κ1) is 12.9. The van der Waals surface area contributed by atoms with Crippen LogP contribution in [0.4, 0.5) is 0 Å². The minimum atomic E-state index is -0.0358. The minimum absolute atomic E-state index is 0.0358. The van der Waals surface area contributed by atoms with Gasteiger partial charge in [0.1, 0.15) is 0 Å². The van der Waals surface area contributed by atoms with Crippen LogP contribution in [0.25, 0.3) is 0 Å². The molecule has 0 spiro atoms. The molecule has 1 aliphatic rings. The van der Waals surface area contributed by atoms with E-state index in [2.05, 4.69) is 21.2 Å². The molecular formula is C13H15BrClNO. The zero-order chi connectivity index (χ0) is 12.3. The second kappa shape index (κ2) is 5.87. The van der Waals surface area contributed by atoms with E-state index in [1.165, 1.54) is 25.7 Å². The summed E-state index contributed by atoms with van der Waals surface area (Å²) in [7, 11) is 0. The van der Waals surface area contributed by atoms with Gasteiger partial charge in [-0.1, -0.05) is 24.4 Å². The van der Waals surface area contributed by atoms with Crippen LogP contribution in [0, 0.1) is 5.92 Å². The third kappa shape index (κ3) is 3.46. The van der Waals surface area contributed by atoms with Crippen molar-refractivity contribution < 1.29 is 4.79 Å². The fraction of sp³-hybridized carbons (Fsp3) is 0.462. The number of amides is 1. The van der Waals surface area contributed by atoms with Gasteiger partial charge in [-0.2, -0.15) is 0 Å². The van der Waals surface area contributed by atoms with E-state index in [-0.39, 0.29) is 5.91 Å². The molecule has 0 heterocycles. The van der Waals surface area contributed by atoms with Gasteiger partial charge in [0.05, 0.1) is 5.02 Å². The lowest BCUT2D eigenvalue weighted by Crippen LogP contribution is -2.28. The lowest BCUT2D eigenvalue weighted by Gasteiger charge is -2.10. The summed E-state index contributed by atoms with van der Waals surface area (Å²) in [6.45, 7) is 0.784. The molecular weight excluding hydrogens is 302 g/mol. The average Bonchev–Trinajstić information content (AvgIpc) is 2.82. The number of nitrogens with one attached hydrogen (secondary N) is 1. The van der Waals surface area contributed by atoms with E-state index in [0.717, 1.165) is 11.0 Å². The summed E-state index contributed by atoms with van der Waals surface area (Å²) < 4.78 is 0.812. The van der Waals surface area contributed by atoms with Gasteiger partial charge in [-0.3, -0.25) is 4.79 Å². The Labute approximate surface area is 115 Å². The molecule has 92 valence electrons. The summed E-state index contributed by atoms with van der Waals surface area (Å²) in [5.41, 5.74) is 0.621. The van der Waals surface area contributed by atoms with Crippen molar-refractivity contribution in [2.75, 3.05) is 6.54 Å². The topological polar surface area (TPSA) is 29.1 Å². The number of benzene rings is 1. The molecule has 0 saturated heterocycles. The lowest BCUT2D eigenvalue weighted by molar-refractivity contribution is 0.0947. The van der Waals surface area contributed by atoms with Gasteiger partial charge in [-0.25, -0.2) is 0 Å². The number of halogens is 2. The van der Waals surface area contributed by atoms with Gasteiger partial charge in [0.15, 0.2) is 0 Å². The summed E-state index contributed by atoms with van der Waals surface area (Å²) in [6.07, 6.45) is 5.07. The van der Waals surface area contributed by atoms with Crippen molar-refractivity contribution in [2.24, 2.45) is 5.92 Å². The maximum atomic E-state index is 11.9. The minimum Gasteiger partial charge on any atom is -0.352 e. The van der Waals surface area contributed by atoms with Crippen molar-refractivity contribution in [3.8, 4) is 0 Å². The molecule has 2 rings (SSSR count). The van der Waals surface area contributed by atoms with Gasteiger partial charge in [0, 0.05) is 16.6 Å². The van der Waals surface area contributed by atoms with Crippen LogP contribution in [0.3, 0.4) is 0 Å². The quantitative estimate of drug-likeness (QED) is 0.896. The highest BCUT2D eigenvalue weighted by molar-refractivity contribution is 9.10. The maximum absolute atomic E-state index is 11.9. The van der Waals surface area contributed by atoms with Crippen LogP contribution in [0.2, 0.25) is 5.02 Å². The van der Waals surface area contributed by atoms with Crippen molar-refractivity contribution in [3.63, 3.8) is 0 Å². The Morgan fingerprint density at radius 3 is 2.76 bits per heavy atom. The summed E-state index contributed by atoms with van der Waals surface area (Å²) in [6, 6.07) is 5.27. The number of hydrogen-bond acceptors (Lipinski definition) is 1. The summed E-state index contributed by atoms with van der Waals surface area (Å²) in [4.78, 5) is 11.9. The van der Waals surface area contributed by atoms with Crippen LogP contribution in [0.15, 0.2) is 22.7 Å². The van der Waals surface area contributed by atoms with Gasteiger partial charge >= 0.3 is 0 Å². The van der Waals surface area contributed by atoms with Crippen molar-refractivity contribution >= 4 is 33.4 Å². The van der Waals surface area contributed by atoms with E-state index in [1.807, 2.05) is 0 Å². The summed E-state index contributed by atoms with van der Waals surface area (Å²) in [5.74, 6) is 0.621. The van der Waals surface area contributed by atoms with Gasteiger partial charge in [-0.15, -0.1) is 0 Å². The van der Waals surface area contributed by atoms with Crippen molar-refractivity contribution in [1.29, 1.82) is 0 Å². The number of hydrogen-bond donors (Lipinski definition) is 1. The van der Waals surface area contributed by atoms with Crippen LogP contribution >= 0.6 is 27.5 Å². The van der Waals surface area contributed by atoms with Gasteiger partial charge in [0.25, 0.3) is 5.91 Å². The first-order valence-electron chi connectivity index (χ1n) is 5.90. The number of rotatable bonds is 3. The van der Waals surface area contributed by atoms with E-state index < -0.39 is 0 Å². The van der Waals surface area contributed by atoms with E-state index in [1.54, 1.807) is 18.2 Å². The van der Waals surface area contributed by atoms with E-state index in [0.29, 0.717) is 16.5 Å². The maximum Gasteiger partial charge on any atom is 0.251 e. The van der Waals surface area contributed by atoms with Crippen molar-refractivity contribution in [3.05, 3.63) is 33.3 Å². The van der Waals surface area contributed by atoms with Crippen molar-refractivity contribution in [1.82, 2.24) is 5.32 Å². The summed E-state index contributed by atoms with van der Waals surface area (Å²) >= 11 is 9.27. The van der Waals surface area contributed by atoms with E-state index >= 15 is 0 Å². The van der Waals surface area contributed by atoms with Crippen LogP contribution in [-0.4, -0.2) is 12.5 Å². The highest BCUT2D eigenvalue weighted by Gasteiger charge is 2.16. The molecule has 1 aromatic rings. The Balaban J connectivity index is 1.92. The number of carbonyl (C=O) groups is 1. The molecule has 1 fully saturated rings. The Morgan fingerprint density at radius 1 is 1.41 bits per heavy atom. The Kier molecular flexibility index (Phi) is 4.46. The second-order valence-electron chi connectivity index (χ2n) is 4.49. The molecule has 1 N–H and O–H groups in total. The van der Waals surface area contributed by atoms with Crippen molar-refractivity contribution in [2.45, 2.75) is 25.7 Å². The molecule has 0 bridgehead atoms. The van der Waals surface area contributed by atoms with Crippen LogP contribution in [-0.2, 0) is 0 Å². The molecule has 0 radical (unpaired) electrons. The first-order valence-corrected chi connectivity index (χ1v) is 7.07. The highest BCUT2D eigenvalue weighted by atomic mass is 79.9. The predicted octanol–water partition coefficient (Wildman–Crippen LogP) is 4.02. The van der Waals surface area contributed by atoms with E-state index in [9.17, 15) is 4.79 Å². The van der Waals surface area contributed by atoms with Crippen LogP contribution < -0.4 is 5.32 Å². The molecule has 0 aliphatic heterocycles. The molecule has 2 nitrogen and oxygen atoms in total. The standard InChI is InChI=1S/C13H15BrClNO/c14-11-6-5-10(7-12(11)15)13(17)16-8-9-3-1-2-4-9/h5-7,9H,1-4,8H2,(H,16,17). The number of carbonyl (C=O) groups excluding carboxylic acids is 1. The fourth-order valence-corrected chi connectivity index (χ4v) is 2.62. The third-order valence-electron chi connectivity index (χ3n) is 3.21. The first-order chi connectivity index (χ1) is 8.16. The largest absolute Gasteiger partial charge is 0.352 e. The molecule has 1 saturated carbocycles. The third-order valence-corrected chi connectivity index (χ3v) is 4.44. The van der Waals surface area contributed by atoms with Crippen LogP contribution in [0.5, 0.6) is 0 Å². The van der Waals surface area contributed by atoms with Crippen LogP contribution in [0.1, 0.15) is 36.0 Å². The predicted molar refractivity (Wildman–Crippen MR) is 73.4 cm³/mol. The molecule has 4 heteroatoms. The van der Waals surface area contributed by atoms with Gasteiger partial charge in [0.2, 0.25) is 0 Å². The lowest BCUT2D eigenvalue weighted by atomic mass is 10.1. The highest BCUT2D eigenvalue weighted by Crippen LogP contribution is 2.25. The average molecular weight is 317 g/mol. The SMILES string of the molecule is O=C(NCC1CCCC1)c1ccc(Br)c(Cl)c1. The molecule has 1 amide bonds. The van der Waals surface area contributed by atoms with Gasteiger partial charge in [-0.05, 0) is 52.9 Å². The normalized spacial score (nSPS) is 16.1. The zero-order valence-corrected chi connectivity index (χ0v) is 11.9. The Hall–Kier alpha value is -0.540. The Bertz CT molecular complexity index is 416.